The first kappa shape index (κ1) is 16.2. The molecule has 20 heavy (non-hydrogen) atoms. The van der Waals surface area contributed by atoms with Crippen LogP contribution >= 0.6 is 0 Å². The minimum atomic E-state index is -0.0555. The minimum Gasteiger partial charge on any atom is -0.349 e. The molecule has 2 amide bonds. The van der Waals surface area contributed by atoms with Crippen LogP contribution in [0.5, 0.6) is 0 Å². The van der Waals surface area contributed by atoms with Gasteiger partial charge in [-0.15, -0.1) is 0 Å². The van der Waals surface area contributed by atoms with Gasteiger partial charge in [0, 0.05) is 20.0 Å². The van der Waals surface area contributed by atoms with Crippen molar-refractivity contribution in [3.8, 4) is 0 Å². The van der Waals surface area contributed by atoms with Crippen LogP contribution in [-0.4, -0.2) is 29.8 Å². The zero-order valence-corrected chi connectivity index (χ0v) is 12.7. The lowest BCUT2D eigenvalue weighted by molar-refractivity contribution is -0.141. The SMILES string of the molecule is CC.CC(=O)N1CC(C(=O)NC(C)c2ccccc2)C1. The Kier molecular flexibility index (Phi) is 6.22. The van der Waals surface area contributed by atoms with Crippen LogP contribution in [0, 0.1) is 5.92 Å². The monoisotopic (exact) mass is 276 g/mol. The van der Waals surface area contributed by atoms with E-state index in [1.54, 1.807) is 4.90 Å². The molecule has 0 saturated carbocycles. The Balaban J connectivity index is 0.000000956. The first-order valence-electron chi connectivity index (χ1n) is 7.18. The third kappa shape index (κ3) is 4.08. The number of likely N-dealkylation sites (tertiary alicyclic amines) is 1. The van der Waals surface area contributed by atoms with Gasteiger partial charge < -0.3 is 10.2 Å². The fourth-order valence-electron chi connectivity index (χ4n) is 2.06. The first-order chi connectivity index (χ1) is 9.58. The summed E-state index contributed by atoms with van der Waals surface area (Å²) in [6, 6.07) is 9.86. The molecular formula is C16H24N2O2. The molecule has 0 spiro atoms. The lowest BCUT2D eigenvalue weighted by Gasteiger charge is -2.38. The summed E-state index contributed by atoms with van der Waals surface area (Å²) < 4.78 is 0. The molecule has 1 atom stereocenters. The van der Waals surface area contributed by atoms with Crippen molar-refractivity contribution in [3.05, 3.63) is 35.9 Å². The number of carbonyl (C=O) groups is 2. The predicted octanol–water partition coefficient (Wildman–Crippen LogP) is 2.37. The quantitative estimate of drug-likeness (QED) is 0.921. The molecule has 0 aromatic heterocycles. The molecule has 1 unspecified atom stereocenters. The number of amides is 2. The molecule has 1 saturated heterocycles. The third-order valence-corrected chi connectivity index (χ3v) is 3.36. The number of nitrogens with one attached hydrogen (secondary N) is 1. The highest BCUT2D eigenvalue weighted by Crippen LogP contribution is 2.18. The molecule has 1 heterocycles. The minimum absolute atomic E-state index is 0.00470. The van der Waals surface area contributed by atoms with Crippen molar-refractivity contribution in [2.24, 2.45) is 5.92 Å². The lowest BCUT2D eigenvalue weighted by Crippen LogP contribution is -2.55. The summed E-state index contributed by atoms with van der Waals surface area (Å²) in [6.45, 7) is 8.58. The zero-order valence-electron chi connectivity index (χ0n) is 12.7. The average molecular weight is 276 g/mol. The molecule has 1 fully saturated rings. The maximum Gasteiger partial charge on any atom is 0.227 e. The number of benzene rings is 1. The van der Waals surface area contributed by atoms with Gasteiger partial charge in [0.15, 0.2) is 0 Å². The Bertz CT molecular complexity index is 439. The number of carbonyl (C=O) groups excluding carboxylic acids is 2. The summed E-state index contributed by atoms with van der Waals surface area (Å²) in [6.07, 6.45) is 0. The van der Waals surface area contributed by atoms with Crippen molar-refractivity contribution in [2.45, 2.75) is 33.7 Å². The fourth-order valence-corrected chi connectivity index (χ4v) is 2.06. The van der Waals surface area contributed by atoms with E-state index in [-0.39, 0.29) is 23.8 Å². The van der Waals surface area contributed by atoms with Crippen molar-refractivity contribution in [2.75, 3.05) is 13.1 Å². The van der Waals surface area contributed by atoms with Gasteiger partial charge in [0.05, 0.1) is 12.0 Å². The summed E-state index contributed by atoms with van der Waals surface area (Å²) in [5.41, 5.74) is 1.09. The molecule has 0 aliphatic carbocycles. The second kappa shape index (κ2) is 7.68. The molecule has 4 nitrogen and oxygen atoms in total. The third-order valence-electron chi connectivity index (χ3n) is 3.36. The van der Waals surface area contributed by atoms with Gasteiger partial charge in [0.1, 0.15) is 0 Å². The van der Waals surface area contributed by atoms with E-state index in [2.05, 4.69) is 5.32 Å². The Hall–Kier alpha value is -1.84. The van der Waals surface area contributed by atoms with E-state index in [1.807, 2.05) is 51.1 Å². The molecule has 4 heteroatoms. The van der Waals surface area contributed by atoms with Crippen LogP contribution in [0.2, 0.25) is 0 Å². The van der Waals surface area contributed by atoms with Crippen molar-refractivity contribution in [3.63, 3.8) is 0 Å². The maximum absolute atomic E-state index is 11.9. The van der Waals surface area contributed by atoms with Crippen molar-refractivity contribution >= 4 is 11.8 Å². The van der Waals surface area contributed by atoms with E-state index in [9.17, 15) is 9.59 Å². The molecule has 1 aromatic carbocycles. The van der Waals surface area contributed by atoms with Crippen LogP contribution in [0.1, 0.15) is 39.3 Å². The van der Waals surface area contributed by atoms with Gasteiger partial charge in [0.25, 0.3) is 0 Å². The molecule has 110 valence electrons. The number of hydrogen-bond donors (Lipinski definition) is 1. The molecule has 1 N–H and O–H groups in total. The van der Waals surface area contributed by atoms with Crippen LogP contribution in [0.25, 0.3) is 0 Å². The fraction of sp³-hybridized carbons (Fsp3) is 0.500. The lowest BCUT2D eigenvalue weighted by atomic mass is 9.98. The van der Waals surface area contributed by atoms with Crippen LogP contribution in [0.3, 0.4) is 0 Å². The molecule has 2 rings (SSSR count). The van der Waals surface area contributed by atoms with Gasteiger partial charge in [-0.3, -0.25) is 9.59 Å². The largest absolute Gasteiger partial charge is 0.349 e. The van der Waals surface area contributed by atoms with E-state index in [4.69, 9.17) is 0 Å². The van der Waals surface area contributed by atoms with Crippen molar-refractivity contribution in [1.82, 2.24) is 10.2 Å². The maximum atomic E-state index is 11.9. The summed E-state index contributed by atoms with van der Waals surface area (Å²) in [7, 11) is 0. The second-order valence-corrected chi connectivity index (χ2v) is 4.76. The van der Waals surface area contributed by atoms with Crippen molar-refractivity contribution in [1.29, 1.82) is 0 Å². The van der Waals surface area contributed by atoms with Crippen LogP contribution in [-0.2, 0) is 9.59 Å². The van der Waals surface area contributed by atoms with E-state index in [0.717, 1.165) is 5.56 Å². The van der Waals surface area contributed by atoms with Gasteiger partial charge >= 0.3 is 0 Å². The zero-order chi connectivity index (χ0) is 15.1. The van der Waals surface area contributed by atoms with Gasteiger partial charge in [-0.05, 0) is 12.5 Å². The van der Waals surface area contributed by atoms with Crippen LogP contribution in [0.15, 0.2) is 30.3 Å². The van der Waals surface area contributed by atoms with Gasteiger partial charge in [0.2, 0.25) is 11.8 Å². The molecule has 1 aliphatic heterocycles. The predicted molar refractivity (Wildman–Crippen MR) is 80.1 cm³/mol. The Morgan fingerprint density at radius 1 is 1.20 bits per heavy atom. The molecule has 0 radical (unpaired) electrons. The van der Waals surface area contributed by atoms with Gasteiger partial charge in [-0.25, -0.2) is 0 Å². The van der Waals surface area contributed by atoms with E-state index in [0.29, 0.717) is 13.1 Å². The smallest absolute Gasteiger partial charge is 0.227 e. The standard InChI is InChI=1S/C14H18N2O2.C2H6/c1-10(12-6-4-3-5-7-12)15-14(18)13-8-16(9-13)11(2)17;1-2/h3-7,10,13H,8-9H2,1-2H3,(H,15,18);1-2H3. The highest BCUT2D eigenvalue weighted by Gasteiger charge is 2.34. The first-order valence-corrected chi connectivity index (χ1v) is 7.18. The normalized spacial score (nSPS) is 15.5. The Morgan fingerprint density at radius 2 is 1.75 bits per heavy atom. The summed E-state index contributed by atoms with van der Waals surface area (Å²) >= 11 is 0. The number of hydrogen-bond acceptors (Lipinski definition) is 2. The number of nitrogens with zero attached hydrogens (tertiary/aromatic N) is 1. The van der Waals surface area contributed by atoms with Crippen LogP contribution < -0.4 is 5.32 Å². The Morgan fingerprint density at radius 3 is 2.25 bits per heavy atom. The van der Waals surface area contributed by atoms with Crippen molar-refractivity contribution < 1.29 is 9.59 Å². The molecular weight excluding hydrogens is 252 g/mol. The summed E-state index contributed by atoms with van der Waals surface area (Å²) in [4.78, 5) is 24.6. The van der Waals surface area contributed by atoms with E-state index >= 15 is 0 Å². The highest BCUT2D eigenvalue weighted by atomic mass is 16.2. The van der Waals surface area contributed by atoms with Gasteiger partial charge in [-0.2, -0.15) is 0 Å². The second-order valence-electron chi connectivity index (χ2n) is 4.76. The van der Waals surface area contributed by atoms with Gasteiger partial charge in [-0.1, -0.05) is 44.2 Å². The highest BCUT2D eigenvalue weighted by molar-refractivity contribution is 5.83. The molecule has 0 bridgehead atoms. The Labute approximate surface area is 121 Å². The van der Waals surface area contributed by atoms with Crippen LogP contribution in [0.4, 0.5) is 0 Å². The van der Waals surface area contributed by atoms with E-state index < -0.39 is 0 Å². The number of rotatable bonds is 3. The average Bonchev–Trinajstić information content (AvgIpc) is 2.39. The topological polar surface area (TPSA) is 49.4 Å². The van der Waals surface area contributed by atoms with E-state index in [1.165, 1.54) is 6.92 Å². The summed E-state index contributed by atoms with van der Waals surface area (Å²) in [5, 5.41) is 2.98. The molecule has 1 aliphatic rings. The molecule has 1 aromatic rings. The summed E-state index contributed by atoms with van der Waals surface area (Å²) in [5.74, 6) is 0.0130.